The SMILES string of the molecule is CNc1cc(-c2cc(C#N)ccc2OC)nc(C(C)C)n1. The summed E-state index contributed by atoms with van der Waals surface area (Å²) in [7, 11) is 3.42. The molecule has 108 valence electrons. The Morgan fingerprint density at radius 2 is 2.00 bits per heavy atom. The molecule has 0 aliphatic carbocycles. The summed E-state index contributed by atoms with van der Waals surface area (Å²) in [5, 5.41) is 12.1. The Hall–Kier alpha value is -2.61. The summed E-state index contributed by atoms with van der Waals surface area (Å²) < 4.78 is 5.38. The molecular weight excluding hydrogens is 264 g/mol. The molecule has 0 saturated heterocycles. The van der Waals surface area contributed by atoms with Crippen molar-refractivity contribution in [3.8, 4) is 23.1 Å². The summed E-state index contributed by atoms with van der Waals surface area (Å²) in [6.45, 7) is 4.09. The fourth-order valence-electron chi connectivity index (χ4n) is 1.97. The molecule has 0 fully saturated rings. The van der Waals surface area contributed by atoms with Crippen LogP contribution in [-0.4, -0.2) is 24.1 Å². The predicted molar refractivity (Wildman–Crippen MR) is 82.4 cm³/mol. The molecule has 2 aromatic rings. The van der Waals surface area contributed by atoms with E-state index in [9.17, 15) is 0 Å². The number of anilines is 1. The summed E-state index contributed by atoms with van der Waals surface area (Å²) in [6.07, 6.45) is 0. The van der Waals surface area contributed by atoms with Crippen molar-refractivity contribution >= 4 is 5.82 Å². The highest BCUT2D eigenvalue weighted by Crippen LogP contribution is 2.31. The van der Waals surface area contributed by atoms with E-state index in [0.29, 0.717) is 11.3 Å². The molecule has 0 spiro atoms. The molecule has 0 bridgehead atoms. The molecule has 0 aliphatic rings. The van der Waals surface area contributed by atoms with Crippen molar-refractivity contribution < 1.29 is 4.74 Å². The van der Waals surface area contributed by atoms with Crippen molar-refractivity contribution in [3.05, 3.63) is 35.7 Å². The highest BCUT2D eigenvalue weighted by molar-refractivity contribution is 5.71. The van der Waals surface area contributed by atoms with Crippen LogP contribution in [0.2, 0.25) is 0 Å². The third-order valence-corrected chi connectivity index (χ3v) is 3.12. The van der Waals surface area contributed by atoms with Gasteiger partial charge in [-0.25, -0.2) is 9.97 Å². The van der Waals surface area contributed by atoms with E-state index in [1.165, 1.54) is 0 Å². The fraction of sp³-hybridized carbons (Fsp3) is 0.312. The quantitative estimate of drug-likeness (QED) is 0.932. The molecule has 0 radical (unpaired) electrons. The Labute approximate surface area is 124 Å². The highest BCUT2D eigenvalue weighted by Gasteiger charge is 2.13. The van der Waals surface area contributed by atoms with Crippen LogP contribution in [0.1, 0.15) is 31.2 Å². The molecule has 0 aliphatic heterocycles. The van der Waals surface area contributed by atoms with Crippen LogP contribution in [0, 0.1) is 11.3 Å². The van der Waals surface area contributed by atoms with Gasteiger partial charge >= 0.3 is 0 Å². The first-order valence-electron chi connectivity index (χ1n) is 6.74. The summed E-state index contributed by atoms with van der Waals surface area (Å²) in [5.41, 5.74) is 2.10. The van der Waals surface area contributed by atoms with Crippen molar-refractivity contribution in [2.75, 3.05) is 19.5 Å². The number of nitriles is 1. The van der Waals surface area contributed by atoms with Gasteiger partial charge in [0, 0.05) is 24.6 Å². The topological polar surface area (TPSA) is 70.8 Å². The van der Waals surface area contributed by atoms with Crippen LogP contribution in [-0.2, 0) is 0 Å². The molecule has 0 atom stereocenters. The largest absolute Gasteiger partial charge is 0.496 e. The maximum atomic E-state index is 9.08. The fourth-order valence-corrected chi connectivity index (χ4v) is 1.97. The molecule has 1 aromatic carbocycles. The lowest BCUT2D eigenvalue weighted by Crippen LogP contribution is -2.04. The molecule has 5 nitrogen and oxygen atoms in total. The van der Waals surface area contributed by atoms with E-state index in [1.807, 2.05) is 27.0 Å². The zero-order chi connectivity index (χ0) is 15.4. The molecule has 5 heteroatoms. The zero-order valence-corrected chi connectivity index (χ0v) is 12.6. The van der Waals surface area contributed by atoms with Crippen LogP contribution in [0.25, 0.3) is 11.3 Å². The molecular formula is C16H18N4O. The van der Waals surface area contributed by atoms with Gasteiger partial charge in [-0.1, -0.05) is 13.8 Å². The first-order valence-corrected chi connectivity index (χ1v) is 6.74. The first-order chi connectivity index (χ1) is 10.1. The lowest BCUT2D eigenvalue weighted by atomic mass is 10.1. The Morgan fingerprint density at radius 3 is 2.57 bits per heavy atom. The summed E-state index contributed by atoms with van der Waals surface area (Å²) >= 11 is 0. The van der Waals surface area contributed by atoms with Crippen LogP contribution >= 0.6 is 0 Å². The van der Waals surface area contributed by atoms with E-state index in [4.69, 9.17) is 10.00 Å². The number of nitrogens with one attached hydrogen (secondary N) is 1. The van der Waals surface area contributed by atoms with E-state index < -0.39 is 0 Å². The van der Waals surface area contributed by atoms with Crippen LogP contribution < -0.4 is 10.1 Å². The van der Waals surface area contributed by atoms with Gasteiger partial charge < -0.3 is 10.1 Å². The lowest BCUT2D eigenvalue weighted by molar-refractivity contribution is 0.416. The second-order valence-electron chi connectivity index (χ2n) is 4.93. The van der Waals surface area contributed by atoms with Crippen LogP contribution in [0.4, 0.5) is 5.82 Å². The van der Waals surface area contributed by atoms with Gasteiger partial charge in [0.25, 0.3) is 0 Å². The Kier molecular flexibility index (Phi) is 4.39. The number of rotatable bonds is 4. The Balaban J connectivity index is 2.65. The lowest BCUT2D eigenvalue weighted by Gasteiger charge is -2.12. The number of aromatic nitrogens is 2. The minimum Gasteiger partial charge on any atom is -0.496 e. The van der Waals surface area contributed by atoms with E-state index >= 15 is 0 Å². The minimum atomic E-state index is 0.210. The molecule has 0 unspecified atom stereocenters. The number of ether oxygens (including phenoxy) is 1. The van der Waals surface area contributed by atoms with Gasteiger partial charge in [-0.2, -0.15) is 5.26 Å². The molecule has 1 N–H and O–H groups in total. The average Bonchev–Trinajstić information content (AvgIpc) is 2.53. The number of benzene rings is 1. The summed E-state index contributed by atoms with van der Waals surface area (Å²) in [6, 6.07) is 9.28. The number of hydrogen-bond acceptors (Lipinski definition) is 5. The van der Waals surface area contributed by atoms with Crippen molar-refractivity contribution in [2.45, 2.75) is 19.8 Å². The van der Waals surface area contributed by atoms with Crippen molar-refractivity contribution in [2.24, 2.45) is 0 Å². The Morgan fingerprint density at radius 1 is 1.24 bits per heavy atom. The number of nitrogens with zero attached hydrogens (tertiary/aromatic N) is 3. The van der Waals surface area contributed by atoms with Crippen LogP contribution in [0.15, 0.2) is 24.3 Å². The van der Waals surface area contributed by atoms with E-state index in [2.05, 4.69) is 21.4 Å². The highest BCUT2D eigenvalue weighted by atomic mass is 16.5. The van der Waals surface area contributed by atoms with Gasteiger partial charge in [-0.3, -0.25) is 0 Å². The second kappa shape index (κ2) is 6.23. The number of hydrogen-bond donors (Lipinski definition) is 1. The molecule has 2 rings (SSSR count). The van der Waals surface area contributed by atoms with Crippen molar-refractivity contribution in [1.29, 1.82) is 5.26 Å². The molecule has 0 amide bonds. The van der Waals surface area contributed by atoms with E-state index in [0.717, 1.165) is 22.9 Å². The van der Waals surface area contributed by atoms with Crippen molar-refractivity contribution in [1.82, 2.24) is 9.97 Å². The van der Waals surface area contributed by atoms with Crippen molar-refractivity contribution in [3.63, 3.8) is 0 Å². The van der Waals surface area contributed by atoms with E-state index in [1.54, 1.807) is 25.3 Å². The normalized spacial score (nSPS) is 10.3. The first kappa shape index (κ1) is 14.8. The third kappa shape index (κ3) is 3.11. The van der Waals surface area contributed by atoms with Gasteiger partial charge in [0.05, 0.1) is 24.4 Å². The van der Waals surface area contributed by atoms with E-state index in [-0.39, 0.29) is 5.92 Å². The monoisotopic (exact) mass is 282 g/mol. The molecule has 1 heterocycles. The molecule has 0 saturated carbocycles. The predicted octanol–water partition coefficient (Wildman–Crippen LogP) is 3.19. The molecule has 1 aromatic heterocycles. The van der Waals surface area contributed by atoms with Gasteiger partial charge in [0.1, 0.15) is 17.4 Å². The smallest absolute Gasteiger partial charge is 0.133 e. The average molecular weight is 282 g/mol. The van der Waals surface area contributed by atoms with Gasteiger partial charge in [-0.05, 0) is 18.2 Å². The molecule has 21 heavy (non-hydrogen) atoms. The van der Waals surface area contributed by atoms with Gasteiger partial charge in [0.15, 0.2) is 0 Å². The van der Waals surface area contributed by atoms with Crippen LogP contribution in [0.5, 0.6) is 5.75 Å². The zero-order valence-electron chi connectivity index (χ0n) is 12.6. The maximum Gasteiger partial charge on any atom is 0.133 e. The maximum absolute atomic E-state index is 9.08. The van der Waals surface area contributed by atoms with Crippen LogP contribution in [0.3, 0.4) is 0 Å². The minimum absolute atomic E-state index is 0.210. The number of methoxy groups -OCH3 is 1. The summed E-state index contributed by atoms with van der Waals surface area (Å²) in [4.78, 5) is 9.04. The third-order valence-electron chi connectivity index (χ3n) is 3.12. The standard InChI is InChI=1S/C16H18N4O/c1-10(2)16-19-13(8-15(18-3)20-16)12-7-11(9-17)5-6-14(12)21-4/h5-8,10H,1-4H3,(H,18,19,20). The Bertz CT molecular complexity index is 689. The van der Waals surface area contributed by atoms with Gasteiger partial charge in [-0.15, -0.1) is 0 Å². The van der Waals surface area contributed by atoms with Gasteiger partial charge in [0.2, 0.25) is 0 Å². The summed E-state index contributed by atoms with van der Waals surface area (Å²) in [5.74, 6) is 2.39. The second-order valence-corrected chi connectivity index (χ2v) is 4.93.